The zero-order valence-corrected chi connectivity index (χ0v) is 10.4. The molecule has 0 fully saturated rings. The van der Waals surface area contributed by atoms with Crippen molar-refractivity contribution in [3.63, 3.8) is 0 Å². The number of hydrogen-bond donors (Lipinski definition) is 0. The highest BCUT2D eigenvalue weighted by molar-refractivity contribution is 5.97. The fourth-order valence-corrected chi connectivity index (χ4v) is 2.35. The van der Waals surface area contributed by atoms with Gasteiger partial charge >= 0.3 is 5.97 Å². The van der Waals surface area contributed by atoms with Gasteiger partial charge in [-0.15, -0.1) is 0 Å². The average Bonchev–Trinajstić information content (AvgIpc) is 2.94. The lowest BCUT2D eigenvalue weighted by atomic mass is 10.0. The first-order chi connectivity index (χ1) is 8.69. The highest BCUT2D eigenvalue weighted by atomic mass is 16.5. The van der Waals surface area contributed by atoms with E-state index in [2.05, 4.69) is 19.9 Å². The van der Waals surface area contributed by atoms with Gasteiger partial charge in [-0.1, -0.05) is 13.0 Å². The predicted molar refractivity (Wildman–Crippen MR) is 69.3 cm³/mol. The third-order valence-electron chi connectivity index (χ3n) is 3.39. The van der Waals surface area contributed by atoms with Crippen molar-refractivity contribution in [1.29, 1.82) is 0 Å². The van der Waals surface area contributed by atoms with E-state index in [1.165, 1.54) is 5.56 Å². The predicted octanol–water partition coefficient (Wildman–Crippen LogP) is 3.24. The Morgan fingerprint density at radius 2 is 2.17 bits per heavy atom. The number of carbonyl (C=O) groups is 1. The van der Waals surface area contributed by atoms with Gasteiger partial charge in [0.15, 0.2) is 0 Å². The summed E-state index contributed by atoms with van der Waals surface area (Å²) >= 11 is 0. The Balaban J connectivity index is 2.13. The molecule has 92 valence electrons. The van der Waals surface area contributed by atoms with Gasteiger partial charge in [0.25, 0.3) is 0 Å². The van der Waals surface area contributed by atoms with E-state index in [9.17, 15) is 4.79 Å². The lowest BCUT2D eigenvalue weighted by molar-refractivity contribution is -0.134. The highest BCUT2D eigenvalue weighted by Crippen LogP contribution is 2.29. The largest absolute Gasteiger partial charge is 0.461 e. The minimum absolute atomic E-state index is 0.261. The topological polar surface area (TPSA) is 39.4 Å². The summed E-state index contributed by atoms with van der Waals surface area (Å²) in [6.45, 7) is 4.51. The first-order valence-electron chi connectivity index (χ1n) is 6.08. The molecule has 0 N–H and O–H groups in total. The average molecular weight is 242 g/mol. The maximum absolute atomic E-state index is 11.1. The molecule has 0 radical (unpaired) electrons. The lowest BCUT2D eigenvalue weighted by Crippen LogP contribution is -1.91. The van der Waals surface area contributed by atoms with Crippen molar-refractivity contribution in [1.82, 2.24) is 0 Å². The van der Waals surface area contributed by atoms with Crippen LogP contribution in [0.15, 0.2) is 28.7 Å². The van der Waals surface area contributed by atoms with Crippen LogP contribution in [-0.2, 0) is 16.0 Å². The molecule has 0 saturated heterocycles. The molecule has 0 aliphatic carbocycles. The van der Waals surface area contributed by atoms with Gasteiger partial charge in [-0.3, -0.25) is 0 Å². The van der Waals surface area contributed by atoms with E-state index >= 15 is 0 Å². The quantitative estimate of drug-likeness (QED) is 0.759. The molecule has 2 aromatic rings. The van der Waals surface area contributed by atoms with E-state index < -0.39 is 0 Å². The first-order valence-corrected chi connectivity index (χ1v) is 6.08. The molecule has 0 unspecified atom stereocenters. The van der Waals surface area contributed by atoms with Crippen LogP contribution >= 0.6 is 0 Å². The van der Waals surface area contributed by atoms with Crippen LogP contribution in [0.2, 0.25) is 0 Å². The molecule has 18 heavy (non-hydrogen) atoms. The molecule has 1 aromatic heterocycles. The van der Waals surface area contributed by atoms with Crippen LogP contribution < -0.4 is 0 Å². The third kappa shape index (κ3) is 1.63. The summed E-state index contributed by atoms with van der Waals surface area (Å²) in [5.41, 5.74) is 4.04. The van der Waals surface area contributed by atoms with E-state index in [1.807, 2.05) is 12.1 Å². The number of furan rings is 1. The van der Waals surface area contributed by atoms with Crippen LogP contribution in [0.5, 0.6) is 0 Å². The van der Waals surface area contributed by atoms with Gasteiger partial charge in [0, 0.05) is 23.5 Å². The van der Waals surface area contributed by atoms with Crippen LogP contribution in [0, 0.1) is 6.92 Å². The summed E-state index contributed by atoms with van der Waals surface area (Å²) in [6, 6.07) is 6.00. The summed E-state index contributed by atoms with van der Waals surface area (Å²) in [6.07, 6.45) is 2.44. The van der Waals surface area contributed by atoms with E-state index in [1.54, 1.807) is 6.08 Å². The third-order valence-corrected chi connectivity index (χ3v) is 3.39. The molecule has 3 nitrogen and oxygen atoms in total. The molecular formula is C15H14O3. The highest BCUT2D eigenvalue weighted by Gasteiger charge is 2.16. The van der Waals surface area contributed by atoms with E-state index in [0.29, 0.717) is 6.61 Å². The second kappa shape index (κ2) is 4.02. The van der Waals surface area contributed by atoms with Crippen molar-refractivity contribution < 1.29 is 13.9 Å². The van der Waals surface area contributed by atoms with Crippen LogP contribution in [0.25, 0.3) is 16.5 Å². The number of ether oxygens (including phenoxy) is 1. The molecule has 3 heteroatoms. The Labute approximate surface area is 105 Å². The van der Waals surface area contributed by atoms with Gasteiger partial charge in [0.2, 0.25) is 0 Å². The number of aryl methyl sites for hydroxylation is 2. The van der Waals surface area contributed by atoms with Crippen molar-refractivity contribution in [3.8, 4) is 0 Å². The van der Waals surface area contributed by atoms with Crippen molar-refractivity contribution in [2.75, 3.05) is 6.61 Å². The Kier molecular flexibility index (Phi) is 2.47. The summed E-state index contributed by atoms with van der Waals surface area (Å²) in [5, 5.41) is 1.12. The molecule has 1 aliphatic heterocycles. The minimum atomic E-state index is -0.261. The summed E-state index contributed by atoms with van der Waals surface area (Å²) in [7, 11) is 0. The molecule has 3 rings (SSSR count). The second-order valence-corrected chi connectivity index (χ2v) is 4.49. The maximum atomic E-state index is 11.1. The fraction of sp³-hybridized carbons (Fsp3) is 0.267. The smallest absolute Gasteiger partial charge is 0.331 e. The number of benzene rings is 1. The Bertz CT molecular complexity index is 662. The summed E-state index contributed by atoms with van der Waals surface area (Å²) in [5.74, 6) is 0.762. The van der Waals surface area contributed by atoms with Crippen molar-refractivity contribution in [2.24, 2.45) is 0 Å². The molecule has 1 aliphatic rings. The van der Waals surface area contributed by atoms with Crippen molar-refractivity contribution >= 4 is 22.5 Å². The Morgan fingerprint density at radius 1 is 1.33 bits per heavy atom. The number of fused-ring (bicyclic) bond motifs is 1. The molecule has 0 amide bonds. The Morgan fingerprint density at radius 3 is 2.83 bits per heavy atom. The van der Waals surface area contributed by atoms with Crippen LogP contribution in [0.3, 0.4) is 0 Å². The maximum Gasteiger partial charge on any atom is 0.331 e. The molecule has 0 atom stereocenters. The van der Waals surface area contributed by atoms with Gasteiger partial charge in [-0.2, -0.15) is 0 Å². The Hall–Kier alpha value is -2.03. The van der Waals surface area contributed by atoms with Gasteiger partial charge in [-0.25, -0.2) is 4.79 Å². The minimum Gasteiger partial charge on any atom is -0.461 e. The number of esters is 1. The van der Waals surface area contributed by atoms with Crippen LogP contribution in [-0.4, -0.2) is 12.6 Å². The molecule has 0 spiro atoms. The summed E-state index contributed by atoms with van der Waals surface area (Å²) in [4.78, 5) is 11.1. The number of hydrogen-bond acceptors (Lipinski definition) is 3. The van der Waals surface area contributed by atoms with Crippen LogP contribution in [0.1, 0.15) is 23.8 Å². The number of carbonyl (C=O) groups excluding carboxylic acids is 1. The standard InChI is InChI=1S/C15H14O3/c1-3-13-9(2)12-6-10(4-5-14(12)18-13)11-7-15(16)17-8-11/h4-7H,3,8H2,1-2H3. The first kappa shape index (κ1) is 11.1. The van der Waals surface area contributed by atoms with Gasteiger partial charge in [0.1, 0.15) is 18.0 Å². The second-order valence-electron chi connectivity index (χ2n) is 4.49. The summed E-state index contributed by atoms with van der Waals surface area (Å²) < 4.78 is 10.7. The molecule has 1 aromatic carbocycles. The normalized spacial score (nSPS) is 15.0. The lowest BCUT2D eigenvalue weighted by Gasteiger charge is -2.00. The number of rotatable bonds is 2. The SMILES string of the molecule is CCc1oc2ccc(C3=CC(=O)OC3)cc2c1C. The van der Waals surface area contributed by atoms with Crippen molar-refractivity contribution in [3.05, 3.63) is 41.2 Å². The molecular weight excluding hydrogens is 228 g/mol. The molecule has 0 bridgehead atoms. The van der Waals surface area contributed by atoms with E-state index in [-0.39, 0.29) is 5.97 Å². The zero-order valence-electron chi connectivity index (χ0n) is 10.4. The zero-order chi connectivity index (χ0) is 12.7. The fourth-order valence-electron chi connectivity index (χ4n) is 2.35. The molecule has 2 heterocycles. The van der Waals surface area contributed by atoms with Gasteiger partial charge in [-0.05, 0) is 30.2 Å². The van der Waals surface area contributed by atoms with Gasteiger partial charge in [0.05, 0.1) is 0 Å². The van der Waals surface area contributed by atoms with E-state index in [4.69, 9.17) is 9.15 Å². The van der Waals surface area contributed by atoms with Crippen LogP contribution in [0.4, 0.5) is 0 Å². The number of cyclic esters (lactones) is 1. The molecule has 0 saturated carbocycles. The van der Waals surface area contributed by atoms with E-state index in [0.717, 1.165) is 34.3 Å². The monoisotopic (exact) mass is 242 g/mol. The van der Waals surface area contributed by atoms with Gasteiger partial charge < -0.3 is 9.15 Å². The van der Waals surface area contributed by atoms with Crippen molar-refractivity contribution in [2.45, 2.75) is 20.3 Å².